The van der Waals surface area contributed by atoms with Crippen LogP contribution in [0.4, 0.5) is 4.79 Å². The Balaban J connectivity index is 1.78. The van der Waals surface area contributed by atoms with Crippen molar-refractivity contribution in [1.82, 2.24) is 4.90 Å². The van der Waals surface area contributed by atoms with Crippen LogP contribution in [0.5, 0.6) is 0 Å². The number of hydrogen-bond donors (Lipinski definition) is 0. The Morgan fingerprint density at radius 2 is 1.88 bits per heavy atom. The van der Waals surface area contributed by atoms with Crippen LogP contribution in [0.2, 0.25) is 0 Å². The molecule has 5 heteroatoms. The molecule has 124 valence electrons. The van der Waals surface area contributed by atoms with Crippen LogP contribution in [0, 0.1) is 0 Å². The quantitative estimate of drug-likeness (QED) is 0.791. The second kappa shape index (κ2) is 7.18. The van der Waals surface area contributed by atoms with Crippen molar-refractivity contribution >= 4 is 27.9 Å². The van der Waals surface area contributed by atoms with Gasteiger partial charge >= 0.3 is 6.09 Å². The van der Waals surface area contributed by atoms with E-state index in [2.05, 4.69) is 15.9 Å². The van der Waals surface area contributed by atoms with Crippen LogP contribution in [-0.2, 0) is 16.0 Å². The highest BCUT2D eigenvalue weighted by molar-refractivity contribution is 9.10. The minimum Gasteiger partial charge on any atom is -0.447 e. The highest BCUT2D eigenvalue weighted by atomic mass is 79.9. The average molecular weight is 388 g/mol. The molecule has 2 amide bonds. The summed E-state index contributed by atoms with van der Waals surface area (Å²) >= 11 is 3.38. The van der Waals surface area contributed by atoms with Crippen molar-refractivity contribution in [2.75, 3.05) is 6.61 Å². The van der Waals surface area contributed by atoms with Crippen LogP contribution >= 0.6 is 15.9 Å². The fourth-order valence-corrected chi connectivity index (χ4v) is 3.13. The van der Waals surface area contributed by atoms with Crippen LogP contribution in [0.3, 0.4) is 0 Å². The Morgan fingerprint density at radius 1 is 1.21 bits per heavy atom. The van der Waals surface area contributed by atoms with E-state index in [-0.39, 0.29) is 18.6 Å². The van der Waals surface area contributed by atoms with Crippen molar-refractivity contribution in [1.29, 1.82) is 0 Å². The van der Waals surface area contributed by atoms with Gasteiger partial charge in [-0.05, 0) is 36.6 Å². The summed E-state index contributed by atoms with van der Waals surface area (Å²) < 4.78 is 6.09. The van der Waals surface area contributed by atoms with E-state index < -0.39 is 12.0 Å². The summed E-state index contributed by atoms with van der Waals surface area (Å²) in [6.07, 6.45) is 0.0515. The number of carbonyl (C=O) groups is 2. The van der Waals surface area contributed by atoms with Crippen molar-refractivity contribution in [2.24, 2.45) is 0 Å². The summed E-state index contributed by atoms with van der Waals surface area (Å²) in [5, 5.41) is 0. The first-order chi connectivity index (χ1) is 11.6. The zero-order valence-corrected chi connectivity index (χ0v) is 14.9. The van der Waals surface area contributed by atoms with Gasteiger partial charge in [0, 0.05) is 4.47 Å². The molecule has 4 nitrogen and oxygen atoms in total. The summed E-state index contributed by atoms with van der Waals surface area (Å²) in [4.78, 5) is 26.2. The van der Waals surface area contributed by atoms with Crippen LogP contribution < -0.4 is 0 Å². The van der Waals surface area contributed by atoms with Gasteiger partial charge in [0.1, 0.15) is 6.61 Å². The Morgan fingerprint density at radius 3 is 2.54 bits per heavy atom. The zero-order chi connectivity index (χ0) is 17.1. The number of rotatable bonds is 4. The number of carbonyl (C=O) groups excluding carboxylic acids is 2. The first kappa shape index (κ1) is 16.7. The van der Waals surface area contributed by atoms with Crippen LogP contribution in [0.25, 0.3) is 0 Å². The number of imide groups is 1. The number of ether oxygens (including phenoxy) is 1. The van der Waals surface area contributed by atoms with Crippen LogP contribution in [0.15, 0.2) is 59.1 Å². The number of halogens is 1. The third-order valence-corrected chi connectivity index (χ3v) is 4.78. The van der Waals surface area contributed by atoms with Gasteiger partial charge in [0.05, 0.1) is 12.0 Å². The van der Waals surface area contributed by atoms with E-state index in [0.717, 1.165) is 15.6 Å². The minimum atomic E-state index is -0.551. The van der Waals surface area contributed by atoms with E-state index in [9.17, 15) is 9.59 Å². The molecule has 1 heterocycles. The number of nitrogens with zero attached hydrogens (tertiary/aromatic N) is 1. The average Bonchev–Trinajstić information content (AvgIpc) is 2.95. The summed E-state index contributed by atoms with van der Waals surface area (Å²) in [5.74, 6) is -0.622. The van der Waals surface area contributed by atoms with Crippen molar-refractivity contribution in [3.05, 3.63) is 70.2 Å². The Labute approximate surface area is 149 Å². The van der Waals surface area contributed by atoms with Crippen molar-refractivity contribution in [2.45, 2.75) is 25.3 Å². The molecule has 24 heavy (non-hydrogen) atoms. The Bertz CT molecular complexity index is 730. The molecular weight excluding hydrogens is 370 g/mol. The fourth-order valence-electron chi connectivity index (χ4n) is 2.87. The molecule has 0 unspecified atom stereocenters. The van der Waals surface area contributed by atoms with Gasteiger partial charge in [-0.1, -0.05) is 58.4 Å². The van der Waals surface area contributed by atoms with E-state index in [0.29, 0.717) is 6.42 Å². The lowest BCUT2D eigenvalue weighted by Gasteiger charge is -2.23. The normalized spacial score (nSPS) is 18.3. The molecule has 0 saturated carbocycles. The smallest absolute Gasteiger partial charge is 0.417 e. The predicted octanol–water partition coefficient (Wildman–Crippen LogP) is 4.14. The largest absolute Gasteiger partial charge is 0.447 e. The highest BCUT2D eigenvalue weighted by Crippen LogP contribution is 2.25. The molecule has 1 aliphatic heterocycles. The molecule has 3 rings (SSSR count). The van der Waals surface area contributed by atoms with E-state index in [1.165, 1.54) is 4.90 Å². The van der Waals surface area contributed by atoms with E-state index in [4.69, 9.17) is 4.74 Å². The van der Waals surface area contributed by atoms with Gasteiger partial charge in [-0.3, -0.25) is 4.79 Å². The molecule has 1 saturated heterocycles. The molecule has 0 spiro atoms. The maximum Gasteiger partial charge on any atom is 0.417 e. The van der Waals surface area contributed by atoms with Crippen LogP contribution in [-0.4, -0.2) is 29.5 Å². The zero-order valence-electron chi connectivity index (χ0n) is 13.3. The number of amides is 2. The molecule has 0 aromatic heterocycles. The number of hydrogen-bond acceptors (Lipinski definition) is 3. The second-order valence-corrected chi connectivity index (χ2v) is 6.82. The molecule has 2 aromatic rings. The molecule has 0 N–H and O–H groups in total. The third-order valence-electron chi connectivity index (χ3n) is 4.25. The van der Waals surface area contributed by atoms with Crippen molar-refractivity contribution < 1.29 is 14.3 Å². The molecule has 0 bridgehead atoms. The summed E-state index contributed by atoms with van der Waals surface area (Å²) in [7, 11) is 0. The van der Waals surface area contributed by atoms with Gasteiger partial charge in [-0.15, -0.1) is 0 Å². The molecule has 1 aliphatic rings. The lowest BCUT2D eigenvalue weighted by atomic mass is 9.98. The van der Waals surface area contributed by atoms with E-state index in [1.54, 1.807) is 0 Å². The van der Waals surface area contributed by atoms with Gasteiger partial charge in [-0.2, -0.15) is 0 Å². The maximum absolute atomic E-state index is 12.9. The first-order valence-corrected chi connectivity index (χ1v) is 8.65. The summed E-state index contributed by atoms with van der Waals surface area (Å²) in [6.45, 7) is 2.06. The fraction of sp³-hybridized carbons (Fsp3) is 0.263. The monoisotopic (exact) mass is 387 g/mol. The van der Waals surface area contributed by atoms with Gasteiger partial charge in [0.25, 0.3) is 0 Å². The molecular formula is C19H18BrNO3. The molecule has 1 fully saturated rings. The third kappa shape index (κ3) is 3.51. The van der Waals surface area contributed by atoms with E-state index >= 15 is 0 Å². The van der Waals surface area contributed by atoms with Gasteiger partial charge in [0.2, 0.25) is 5.91 Å². The highest BCUT2D eigenvalue weighted by Gasteiger charge is 2.39. The van der Waals surface area contributed by atoms with Gasteiger partial charge in [0.15, 0.2) is 0 Å². The molecule has 2 aromatic carbocycles. The standard InChI is InChI=1S/C19H18BrNO3/c1-13(15-7-9-16(20)10-8-15)18(22)21-17(12-24-19(21)23)11-14-5-3-2-4-6-14/h2-10,13,17H,11-12H2,1H3/t13-,17-/m1/s1. The Hall–Kier alpha value is -2.14. The predicted molar refractivity (Wildman–Crippen MR) is 94.7 cm³/mol. The van der Waals surface area contributed by atoms with Crippen molar-refractivity contribution in [3.63, 3.8) is 0 Å². The van der Waals surface area contributed by atoms with Gasteiger partial charge < -0.3 is 4.74 Å². The number of cyclic esters (lactones) is 1. The molecule has 0 aliphatic carbocycles. The van der Waals surface area contributed by atoms with Crippen LogP contribution in [0.1, 0.15) is 24.0 Å². The molecule has 0 radical (unpaired) electrons. The van der Waals surface area contributed by atoms with Gasteiger partial charge in [-0.25, -0.2) is 9.69 Å². The molecule has 2 atom stereocenters. The van der Waals surface area contributed by atoms with Crippen molar-refractivity contribution in [3.8, 4) is 0 Å². The first-order valence-electron chi connectivity index (χ1n) is 7.85. The summed E-state index contributed by atoms with van der Waals surface area (Å²) in [6, 6.07) is 17.1. The SMILES string of the molecule is C[C@@H](C(=O)N1C(=O)OC[C@H]1Cc1ccccc1)c1ccc(Br)cc1. The lowest BCUT2D eigenvalue weighted by Crippen LogP contribution is -2.42. The van der Waals surface area contributed by atoms with E-state index in [1.807, 2.05) is 61.5 Å². The topological polar surface area (TPSA) is 46.6 Å². The maximum atomic E-state index is 12.9. The number of benzene rings is 2. The lowest BCUT2D eigenvalue weighted by molar-refractivity contribution is -0.130. The minimum absolute atomic E-state index is 0.222. The summed E-state index contributed by atoms with van der Waals surface area (Å²) in [5.41, 5.74) is 1.95. The Kier molecular flexibility index (Phi) is 5.00. The second-order valence-electron chi connectivity index (χ2n) is 5.90.